The maximum Gasteiger partial charge on any atom is 0.145 e. The predicted molar refractivity (Wildman–Crippen MR) is 83.4 cm³/mol. The topological polar surface area (TPSA) is 38.5 Å². The Morgan fingerprint density at radius 1 is 1.30 bits per heavy atom. The highest BCUT2D eigenvalue weighted by atomic mass is 35.5. The molecule has 3 nitrogen and oxygen atoms in total. The molecule has 1 unspecified atom stereocenters. The molecule has 0 spiro atoms. The number of anilines is 2. The third-order valence-electron chi connectivity index (χ3n) is 3.39. The Morgan fingerprint density at radius 2 is 2.15 bits per heavy atom. The van der Waals surface area contributed by atoms with Crippen molar-refractivity contribution in [2.24, 2.45) is 0 Å². The van der Waals surface area contributed by atoms with Crippen LogP contribution in [0.25, 0.3) is 0 Å². The second-order valence-electron chi connectivity index (χ2n) is 5.17. The van der Waals surface area contributed by atoms with Crippen LogP contribution in [-0.4, -0.2) is 12.6 Å². The summed E-state index contributed by atoms with van der Waals surface area (Å²) in [7, 11) is 0. The highest BCUT2D eigenvalue weighted by molar-refractivity contribution is 6.30. The van der Waals surface area contributed by atoms with Crippen LogP contribution in [0.4, 0.5) is 11.4 Å². The number of hydrogen-bond donors (Lipinski definition) is 1. The first-order valence-electron chi connectivity index (χ1n) is 6.67. The van der Waals surface area contributed by atoms with Gasteiger partial charge in [0.1, 0.15) is 11.9 Å². The van der Waals surface area contributed by atoms with E-state index in [4.69, 9.17) is 22.1 Å². The van der Waals surface area contributed by atoms with Gasteiger partial charge in [0.05, 0.1) is 12.2 Å². The van der Waals surface area contributed by atoms with Gasteiger partial charge in [0.2, 0.25) is 0 Å². The van der Waals surface area contributed by atoms with Crippen LogP contribution in [0.1, 0.15) is 12.5 Å². The Hall–Kier alpha value is -1.87. The van der Waals surface area contributed by atoms with E-state index in [1.807, 2.05) is 36.4 Å². The normalized spacial score (nSPS) is 17.5. The minimum Gasteiger partial charge on any atom is -0.487 e. The molecular weight excluding hydrogens is 272 g/mol. The van der Waals surface area contributed by atoms with Crippen molar-refractivity contribution in [3.8, 4) is 5.75 Å². The lowest BCUT2D eigenvalue weighted by molar-refractivity contribution is 0.212. The van der Waals surface area contributed by atoms with Crippen molar-refractivity contribution in [2.45, 2.75) is 19.6 Å². The molecule has 0 fully saturated rings. The summed E-state index contributed by atoms with van der Waals surface area (Å²) in [4.78, 5) is 2.30. The van der Waals surface area contributed by atoms with Gasteiger partial charge in [-0.1, -0.05) is 23.7 Å². The average molecular weight is 289 g/mol. The van der Waals surface area contributed by atoms with E-state index in [9.17, 15) is 0 Å². The van der Waals surface area contributed by atoms with Gasteiger partial charge in [-0.15, -0.1) is 0 Å². The summed E-state index contributed by atoms with van der Waals surface area (Å²) >= 11 is 6.05. The SMILES string of the molecule is CC1CN(Cc2cccc(Cl)c2)c2ccc(N)cc2O1. The number of nitrogens with zero attached hydrogens (tertiary/aromatic N) is 1. The molecule has 2 aromatic carbocycles. The number of fused-ring (bicyclic) bond motifs is 1. The molecule has 0 aromatic heterocycles. The highest BCUT2D eigenvalue weighted by Crippen LogP contribution is 2.35. The molecule has 104 valence electrons. The minimum absolute atomic E-state index is 0.142. The number of ether oxygens (including phenoxy) is 1. The molecule has 1 atom stereocenters. The van der Waals surface area contributed by atoms with Crippen LogP contribution in [0.5, 0.6) is 5.75 Å². The van der Waals surface area contributed by atoms with Crippen molar-refractivity contribution in [1.29, 1.82) is 0 Å². The summed E-state index contributed by atoms with van der Waals surface area (Å²) in [6, 6.07) is 13.8. The van der Waals surface area contributed by atoms with Crippen molar-refractivity contribution in [1.82, 2.24) is 0 Å². The predicted octanol–water partition coefficient (Wildman–Crippen LogP) is 3.71. The molecule has 3 rings (SSSR count). The number of nitrogen functional groups attached to an aromatic ring is 1. The average Bonchev–Trinajstić information content (AvgIpc) is 2.37. The lowest BCUT2D eigenvalue weighted by atomic mass is 10.1. The van der Waals surface area contributed by atoms with Crippen LogP contribution in [0.15, 0.2) is 42.5 Å². The molecule has 0 bridgehead atoms. The van der Waals surface area contributed by atoms with Gasteiger partial charge in [0, 0.05) is 23.3 Å². The van der Waals surface area contributed by atoms with Gasteiger partial charge in [0.25, 0.3) is 0 Å². The van der Waals surface area contributed by atoms with Gasteiger partial charge >= 0.3 is 0 Å². The smallest absolute Gasteiger partial charge is 0.145 e. The molecule has 0 aliphatic carbocycles. The Bertz CT molecular complexity index is 630. The van der Waals surface area contributed by atoms with Gasteiger partial charge in [-0.05, 0) is 36.8 Å². The Labute approximate surface area is 123 Å². The van der Waals surface area contributed by atoms with Crippen LogP contribution in [0.2, 0.25) is 5.02 Å². The molecule has 0 saturated heterocycles. The summed E-state index contributed by atoms with van der Waals surface area (Å²) in [5.41, 5.74) is 8.82. The molecule has 2 N–H and O–H groups in total. The lowest BCUT2D eigenvalue weighted by Crippen LogP contribution is -2.37. The molecule has 2 aromatic rings. The van der Waals surface area contributed by atoms with Gasteiger partial charge in [0.15, 0.2) is 0 Å². The highest BCUT2D eigenvalue weighted by Gasteiger charge is 2.23. The van der Waals surface area contributed by atoms with Crippen molar-refractivity contribution >= 4 is 23.0 Å². The molecule has 20 heavy (non-hydrogen) atoms. The van der Waals surface area contributed by atoms with Gasteiger partial charge in [-0.3, -0.25) is 0 Å². The van der Waals surface area contributed by atoms with Crippen LogP contribution >= 0.6 is 11.6 Å². The number of rotatable bonds is 2. The first-order valence-corrected chi connectivity index (χ1v) is 7.05. The van der Waals surface area contributed by atoms with E-state index in [0.717, 1.165) is 35.2 Å². The van der Waals surface area contributed by atoms with Crippen molar-refractivity contribution < 1.29 is 4.74 Å². The van der Waals surface area contributed by atoms with Gasteiger partial charge in [-0.25, -0.2) is 0 Å². The van der Waals surface area contributed by atoms with E-state index < -0.39 is 0 Å². The van der Waals surface area contributed by atoms with E-state index in [-0.39, 0.29) is 6.10 Å². The summed E-state index contributed by atoms with van der Waals surface area (Å²) in [5, 5.41) is 0.765. The summed E-state index contributed by atoms with van der Waals surface area (Å²) in [6.45, 7) is 3.73. The summed E-state index contributed by atoms with van der Waals surface area (Å²) in [6.07, 6.45) is 0.142. The van der Waals surface area contributed by atoms with Crippen LogP contribution in [-0.2, 0) is 6.54 Å². The monoisotopic (exact) mass is 288 g/mol. The maximum absolute atomic E-state index is 6.05. The number of benzene rings is 2. The zero-order valence-electron chi connectivity index (χ0n) is 11.3. The molecule has 4 heteroatoms. The fraction of sp³-hybridized carbons (Fsp3) is 0.250. The van der Waals surface area contributed by atoms with Crippen molar-refractivity contribution in [3.05, 3.63) is 53.1 Å². The molecule has 1 heterocycles. The molecule has 0 amide bonds. The van der Waals surface area contributed by atoms with Gasteiger partial charge in [-0.2, -0.15) is 0 Å². The van der Waals surface area contributed by atoms with Crippen molar-refractivity contribution in [3.63, 3.8) is 0 Å². The van der Waals surface area contributed by atoms with E-state index in [0.29, 0.717) is 0 Å². The second kappa shape index (κ2) is 5.25. The minimum atomic E-state index is 0.142. The van der Waals surface area contributed by atoms with E-state index >= 15 is 0 Å². The second-order valence-corrected chi connectivity index (χ2v) is 5.60. The first-order chi connectivity index (χ1) is 9.61. The Kier molecular flexibility index (Phi) is 3.45. The third kappa shape index (κ3) is 2.68. The number of hydrogen-bond acceptors (Lipinski definition) is 3. The lowest BCUT2D eigenvalue weighted by Gasteiger charge is -2.35. The van der Waals surface area contributed by atoms with Crippen LogP contribution < -0.4 is 15.4 Å². The zero-order chi connectivity index (χ0) is 14.1. The standard InChI is InChI=1S/C16H17ClN2O/c1-11-9-19(10-12-3-2-4-13(17)7-12)15-6-5-14(18)8-16(15)20-11/h2-8,11H,9-10,18H2,1H3. The quantitative estimate of drug-likeness (QED) is 0.856. The maximum atomic E-state index is 6.05. The fourth-order valence-corrected chi connectivity index (χ4v) is 2.77. The molecule has 1 aliphatic rings. The number of nitrogens with two attached hydrogens (primary N) is 1. The molecular formula is C16H17ClN2O. The fourth-order valence-electron chi connectivity index (χ4n) is 2.55. The Morgan fingerprint density at radius 3 is 2.95 bits per heavy atom. The van der Waals surface area contributed by atoms with E-state index in [2.05, 4.69) is 17.9 Å². The van der Waals surface area contributed by atoms with Crippen LogP contribution in [0, 0.1) is 0 Å². The van der Waals surface area contributed by atoms with Crippen LogP contribution in [0.3, 0.4) is 0 Å². The largest absolute Gasteiger partial charge is 0.487 e. The molecule has 1 aliphatic heterocycles. The molecule has 0 radical (unpaired) electrons. The van der Waals surface area contributed by atoms with Gasteiger partial charge < -0.3 is 15.4 Å². The third-order valence-corrected chi connectivity index (χ3v) is 3.63. The summed E-state index contributed by atoms with van der Waals surface area (Å²) in [5.74, 6) is 0.853. The first kappa shape index (κ1) is 13.1. The number of halogens is 1. The van der Waals surface area contributed by atoms with E-state index in [1.54, 1.807) is 0 Å². The Balaban J connectivity index is 1.91. The molecule has 0 saturated carbocycles. The van der Waals surface area contributed by atoms with Crippen molar-refractivity contribution in [2.75, 3.05) is 17.2 Å². The zero-order valence-corrected chi connectivity index (χ0v) is 12.1. The van der Waals surface area contributed by atoms with E-state index in [1.165, 1.54) is 5.56 Å². The summed E-state index contributed by atoms with van der Waals surface area (Å²) < 4.78 is 5.86.